The summed E-state index contributed by atoms with van der Waals surface area (Å²) in [5.74, 6) is 3.10. The van der Waals surface area contributed by atoms with Crippen LogP contribution in [0.3, 0.4) is 0 Å². The lowest BCUT2D eigenvalue weighted by Gasteiger charge is -2.11. The Balaban J connectivity index is 2.04. The molecule has 0 aromatic heterocycles. The van der Waals surface area contributed by atoms with Crippen LogP contribution in [0.5, 0.6) is 5.75 Å². The lowest BCUT2D eigenvalue weighted by molar-refractivity contribution is -0.132. The van der Waals surface area contributed by atoms with E-state index >= 15 is 0 Å². The van der Waals surface area contributed by atoms with Gasteiger partial charge in [0.05, 0.1) is 0 Å². The molecule has 3 rings (SSSR count). The Bertz CT molecular complexity index is 663. The van der Waals surface area contributed by atoms with Crippen molar-refractivity contribution in [1.82, 2.24) is 0 Å². The van der Waals surface area contributed by atoms with Gasteiger partial charge in [-0.15, -0.1) is 0 Å². The van der Waals surface area contributed by atoms with E-state index in [-0.39, 0.29) is 9.89 Å². The van der Waals surface area contributed by atoms with Crippen LogP contribution in [-0.2, 0) is 15.7 Å². The highest BCUT2D eigenvalue weighted by atomic mass is 127. The summed E-state index contributed by atoms with van der Waals surface area (Å²) in [5.41, 5.74) is 0. The maximum absolute atomic E-state index is 11.9. The molecule has 1 aliphatic heterocycles. The van der Waals surface area contributed by atoms with Gasteiger partial charge in [0.1, 0.15) is 21.2 Å². The first-order valence-electron chi connectivity index (χ1n) is 7.22. The zero-order valence-electron chi connectivity index (χ0n) is 12.0. The van der Waals surface area contributed by atoms with Crippen molar-refractivity contribution in [3.8, 4) is 5.75 Å². The van der Waals surface area contributed by atoms with E-state index in [9.17, 15) is 4.79 Å². The van der Waals surface area contributed by atoms with E-state index in [1.54, 1.807) is 0 Å². The maximum atomic E-state index is 11.9. The lowest BCUT2D eigenvalue weighted by atomic mass is 10.1. The van der Waals surface area contributed by atoms with E-state index in [2.05, 4.69) is 46.9 Å². The van der Waals surface area contributed by atoms with Crippen molar-refractivity contribution in [1.29, 1.82) is 0 Å². The number of halogens is 1. The molecule has 0 amide bonds. The van der Waals surface area contributed by atoms with Crippen LogP contribution in [0.15, 0.2) is 41.3 Å². The predicted molar refractivity (Wildman–Crippen MR) is 97.7 cm³/mol. The number of esters is 1. The number of carbonyl (C=O) groups excluding carboxylic acids is 1. The largest absolute Gasteiger partial charge is 0.425 e. The first-order chi connectivity index (χ1) is 10.2. The maximum Gasteiger partial charge on any atom is 0.324 e. The van der Waals surface area contributed by atoms with Gasteiger partial charge in [0, 0.05) is 21.7 Å². The summed E-state index contributed by atoms with van der Waals surface area (Å²) in [5, 5.41) is 2.30. The molecule has 0 aliphatic carbocycles. The average molecular weight is 413 g/mol. The smallest absolute Gasteiger partial charge is 0.324 e. The molecule has 0 saturated carbocycles. The summed E-state index contributed by atoms with van der Waals surface area (Å²) in [4.78, 5) is 13.3. The van der Waals surface area contributed by atoms with Crippen molar-refractivity contribution >= 4 is 50.2 Å². The fraction of sp³-hybridized carbons (Fsp3) is 0.353. The van der Waals surface area contributed by atoms with Gasteiger partial charge in [-0.3, -0.25) is 4.79 Å². The molecule has 110 valence electrons. The first kappa shape index (κ1) is 15.2. The highest BCUT2D eigenvalue weighted by Gasteiger charge is 2.29. The second kappa shape index (κ2) is 6.57. The molecule has 1 unspecified atom stereocenters. The molecule has 1 fully saturated rings. The van der Waals surface area contributed by atoms with Gasteiger partial charge in [-0.1, -0.05) is 40.8 Å². The highest BCUT2D eigenvalue weighted by molar-refractivity contribution is 14.1. The van der Waals surface area contributed by atoms with E-state index in [0.717, 1.165) is 5.39 Å². The molecule has 0 N–H and O–H groups in total. The summed E-state index contributed by atoms with van der Waals surface area (Å²) < 4.78 is 5.42. The number of hydrogen-bond donors (Lipinski definition) is 0. The van der Waals surface area contributed by atoms with E-state index in [1.165, 1.54) is 34.6 Å². The molecular weight excluding hydrogens is 395 g/mol. The minimum absolute atomic E-state index is 0.141. The van der Waals surface area contributed by atoms with Gasteiger partial charge in [-0.25, -0.2) is 0 Å². The SMILES string of the molecule is CC(I)C(=O)Oc1ccc([S+]2CCCC2)c2ccccc12. The Morgan fingerprint density at radius 1 is 1.14 bits per heavy atom. The standard InChI is InChI=1S/C17H18IO2S/c1-12(18)17(19)20-15-8-9-16(21-10-4-5-11-21)14-7-3-2-6-13(14)15/h2-3,6-9,12H,4-5,10-11H2,1H3/q+1. The number of benzene rings is 2. The van der Waals surface area contributed by atoms with Crippen LogP contribution >= 0.6 is 22.6 Å². The zero-order chi connectivity index (χ0) is 14.8. The monoisotopic (exact) mass is 413 g/mol. The van der Waals surface area contributed by atoms with Gasteiger partial charge in [0.2, 0.25) is 0 Å². The van der Waals surface area contributed by atoms with Crippen molar-refractivity contribution in [2.45, 2.75) is 28.6 Å². The molecule has 2 aromatic carbocycles. The Morgan fingerprint density at radius 2 is 1.81 bits per heavy atom. The molecule has 1 atom stereocenters. The summed E-state index contributed by atoms with van der Waals surface area (Å²) >= 11 is 2.08. The van der Waals surface area contributed by atoms with E-state index in [0.29, 0.717) is 16.6 Å². The van der Waals surface area contributed by atoms with Crippen LogP contribution in [0.1, 0.15) is 19.8 Å². The number of fused-ring (bicyclic) bond motifs is 1. The van der Waals surface area contributed by atoms with Crippen molar-refractivity contribution in [3.05, 3.63) is 36.4 Å². The molecule has 0 spiro atoms. The van der Waals surface area contributed by atoms with Gasteiger partial charge in [0.25, 0.3) is 0 Å². The van der Waals surface area contributed by atoms with Crippen LogP contribution in [0, 0.1) is 0 Å². The summed E-state index contributed by atoms with van der Waals surface area (Å²) in [7, 11) is 0.363. The van der Waals surface area contributed by atoms with Crippen LogP contribution in [0.4, 0.5) is 0 Å². The second-order valence-corrected chi connectivity index (χ2v) is 9.36. The third-order valence-electron chi connectivity index (χ3n) is 3.72. The summed E-state index contributed by atoms with van der Waals surface area (Å²) in [6.07, 6.45) is 2.67. The Hall–Kier alpha value is -0.750. The zero-order valence-corrected chi connectivity index (χ0v) is 14.9. The molecule has 2 aromatic rings. The number of alkyl halides is 1. The Labute approximate surface area is 141 Å². The van der Waals surface area contributed by atoms with Crippen molar-refractivity contribution in [2.24, 2.45) is 0 Å². The van der Waals surface area contributed by atoms with Crippen molar-refractivity contribution in [3.63, 3.8) is 0 Å². The average Bonchev–Trinajstić information content (AvgIpc) is 3.01. The highest BCUT2D eigenvalue weighted by Crippen LogP contribution is 2.34. The van der Waals surface area contributed by atoms with Gasteiger partial charge in [0.15, 0.2) is 4.90 Å². The molecule has 0 radical (unpaired) electrons. The number of rotatable bonds is 3. The van der Waals surface area contributed by atoms with Gasteiger partial charge in [-0.2, -0.15) is 0 Å². The molecule has 1 saturated heterocycles. The van der Waals surface area contributed by atoms with E-state index in [1.807, 2.05) is 19.1 Å². The number of ether oxygens (including phenoxy) is 1. The van der Waals surface area contributed by atoms with Crippen LogP contribution in [0.2, 0.25) is 0 Å². The third-order valence-corrected chi connectivity index (χ3v) is 6.77. The fourth-order valence-electron chi connectivity index (χ4n) is 2.65. The van der Waals surface area contributed by atoms with Crippen LogP contribution in [-0.4, -0.2) is 21.4 Å². The van der Waals surface area contributed by atoms with Gasteiger partial charge in [-0.05, 0) is 38.0 Å². The molecule has 21 heavy (non-hydrogen) atoms. The van der Waals surface area contributed by atoms with Crippen molar-refractivity contribution < 1.29 is 9.53 Å². The third kappa shape index (κ3) is 3.21. The fourth-order valence-corrected chi connectivity index (χ4v) is 5.27. The summed E-state index contributed by atoms with van der Waals surface area (Å²) in [6.45, 7) is 1.85. The number of carbonyl (C=O) groups is 1. The molecule has 1 heterocycles. The van der Waals surface area contributed by atoms with Gasteiger partial charge >= 0.3 is 5.97 Å². The first-order valence-corrected chi connectivity index (χ1v) is 10.0. The predicted octanol–water partition coefficient (Wildman–Crippen LogP) is 4.34. The lowest BCUT2D eigenvalue weighted by Crippen LogP contribution is -2.17. The minimum atomic E-state index is -0.184. The quantitative estimate of drug-likeness (QED) is 0.246. The van der Waals surface area contributed by atoms with Crippen molar-refractivity contribution in [2.75, 3.05) is 11.5 Å². The molecule has 4 heteroatoms. The molecule has 1 aliphatic rings. The normalized spacial score (nSPS) is 17.0. The Kier molecular flexibility index (Phi) is 4.74. The number of hydrogen-bond acceptors (Lipinski definition) is 2. The van der Waals surface area contributed by atoms with Crippen LogP contribution in [0.25, 0.3) is 10.8 Å². The van der Waals surface area contributed by atoms with E-state index < -0.39 is 0 Å². The summed E-state index contributed by atoms with van der Waals surface area (Å²) in [6, 6.07) is 12.4. The second-order valence-electron chi connectivity index (χ2n) is 5.25. The molecule has 2 nitrogen and oxygen atoms in total. The van der Waals surface area contributed by atoms with Crippen LogP contribution < -0.4 is 4.74 Å². The minimum Gasteiger partial charge on any atom is -0.425 e. The Morgan fingerprint density at radius 3 is 2.48 bits per heavy atom. The van der Waals surface area contributed by atoms with E-state index in [4.69, 9.17) is 4.74 Å². The van der Waals surface area contributed by atoms with Gasteiger partial charge < -0.3 is 4.74 Å². The topological polar surface area (TPSA) is 26.3 Å². The molecule has 0 bridgehead atoms. The molecular formula is C17H18IO2S+.